The van der Waals surface area contributed by atoms with Crippen LogP contribution in [0.1, 0.15) is 29.7 Å². The third-order valence-corrected chi connectivity index (χ3v) is 4.86. The first-order valence-corrected chi connectivity index (χ1v) is 8.57. The summed E-state index contributed by atoms with van der Waals surface area (Å²) in [6.07, 6.45) is 0. The molecule has 0 radical (unpaired) electrons. The molecular weight excluding hydrogens is 314 g/mol. The summed E-state index contributed by atoms with van der Waals surface area (Å²) in [6, 6.07) is 13.8. The third kappa shape index (κ3) is 4.79. The average molecular weight is 334 g/mol. The number of hydrogen-bond acceptors (Lipinski definition) is 2. The Morgan fingerprint density at radius 1 is 1.14 bits per heavy atom. The minimum absolute atomic E-state index is 0.0117. The van der Waals surface area contributed by atoms with Crippen LogP contribution in [0.5, 0.6) is 0 Å². The fourth-order valence-electron chi connectivity index (χ4n) is 2.08. The van der Waals surface area contributed by atoms with Crippen LogP contribution >= 0.6 is 23.4 Å². The zero-order valence-corrected chi connectivity index (χ0v) is 14.6. The van der Waals surface area contributed by atoms with Gasteiger partial charge < -0.3 is 5.32 Å². The van der Waals surface area contributed by atoms with Gasteiger partial charge in [-0.15, -0.1) is 11.8 Å². The normalized spacial score (nSPS) is 12.0. The number of carbonyl (C=O) groups excluding carboxylic acids is 1. The molecule has 2 rings (SSSR count). The first-order valence-electron chi connectivity index (χ1n) is 7.20. The Hall–Kier alpha value is -1.45. The highest BCUT2D eigenvalue weighted by Gasteiger charge is 2.10. The summed E-state index contributed by atoms with van der Waals surface area (Å²) >= 11 is 7.36. The van der Waals surface area contributed by atoms with Gasteiger partial charge in [-0.2, -0.15) is 0 Å². The summed E-state index contributed by atoms with van der Waals surface area (Å²) in [7, 11) is 0. The number of carbonyl (C=O) groups is 1. The van der Waals surface area contributed by atoms with Gasteiger partial charge in [-0.05, 0) is 61.7 Å². The minimum Gasteiger partial charge on any atom is -0.349 e. The number of benzene rings is 2. The molecule has 116 valence electrons. The molecule has 0 aliphatic carbocycles. The number of nitrogens with one attached hydrogen (secondary N) is 1. The van der Waals surface area contributed by atoms with Crippen LogP contribution in [0.15, 0.2) is 47.4 Å². The summed E-state index contributed by atoms with van der Waals surface area (Å²) < 4.78 is 0. The summed E-state index contributed by atoms with van der Waals surface area (Å²) in [6.45, 7) is 6.18. The van der Waals surface area contributed by atoms with E-state index >= 15 is 0 Å². The maximum atomic E-state index is 12.1. The molecular formula is C18H20ClNOS. The van der Waals surface area contributed by atoms with Crippen LogP contribution in [0.25, 0.3) is 0 Å². The maximum Gasteiger partial charge on any atom is 0.230 e. The Kier molecular flexibility index (Phi) is 5.92. The Morgan fingerprint density at radius 3 is 2.45 bits per heavy atom. The number of aryl methyl sites for hydroxylation is 2. The molecule has 2 aromatic rings. The number of halogens is 1. The van der Waals surface area contributed by atoms with Crippen molar-refractivity contribution >= 4 is 29.3 Å². The van der Waals surface area contributed by atoms with Gasteiger partial charge in [0.05, 0.1) is 11.8 Å². The second-order valence-electron chi connectivity index (χ2n) is 5.38. The van der Waals surface area contributed by atoms with E-state index in [4.69, 9.17) is 11.6 Å². The average Bonchev–Trinajstić information content (AvgIpc) is 2.49. The van der Waals surface area contributed by atoms with Crippen LogP contribution in [0.4, 0.5) is 0 Å². The summed E-state index contributed by atoms with van der Waals surface area (Å²) in [4.78, 5) is 13.1. The maximum absolute atomic E-state index is 12.1. The van der Waals surface area contributed by atoms with Crippen LogP contribution in [-0.4, -0.2) is 11.7 Å². The van der Waals surface area contributed by atoms with Crippen molar-refractivity contribution in [2.75, 3.05) is 5.75 Å². The van der Waals surface area contributed by atoms with Crippen molar-refractivity contribution in [3.05, 3.63) is 64.2 Å². The number of rotatable bonds is 5. The highest BCUT2D eigenvalue weighted by atomic mass is 35.5. The molecule has 1 N–H and O–H groups in total. The molecule has 0 saturated carbocycles. The highest BCUT2D eigenvalue weighted by Crippen LogP contribution is 2.21. The van der Waals surface area contributed by atoms with Crippen molar-refractivity contribution in [1.29, 1.82) is 0 Å². The molecule has 0 spiro atoms. The topological polar surface area (TPSA) is 29.1 Å². The molecule has 0 bridgehead atoms. The molecule has 2 aromatic carbocycles. The summed E-state index contributed by atoms with van der Waals surface area (Å²) in [5.41, 5.74) is 3.64. The van der Waals surface area contributed by atoms with E-state index in [1.54, 1.807) is 0 Å². The predicted molar refractivity (Wildman–Crippen MR) is 94.6 cm³/mol. The third-order valence-electron chi connectivity index (χ3n) is 3.59. The Bertz CT molecular complexity index is 655. The van der Waals surface area contributed by atoms with Gasteiger partial charge in [-0.25, -0.2) is 0 Å². The van der Waals surface area contributed by atoms with E-state index in [0.717, 1.165) is 10.5 Å². The zero-order chi connectivity index (χ0) is 16.1. The van der Waals surface area contributed by atoms with Gasteiger partial charge in [0.2, 0.25) is 5.91 Å². The largest absolute Gasteiger partial charge is 0.349 e. The van der Waals surface area contributed by atoms with Gasteiger partial charge in [0.1, 0.15) is 0 Å². The Balaban J connectivity index is 1.88. The van der Waals surface area contributed by atoms with E-state index in [0.29, 0.717) is 10.8 Å². The molecule has 2 nitrogen and oxygen atoms in total. The Morgan fingerprint density at radius 2 is 1.82 bits per heavy atom. The van der Waals surface area contributed by atoms with Gasteiger partial charge in [-0.1, -0.05) is 29.8 Å². The van der Waals surface area contributed by atoms with Crippen molar-refractivity contribution in [3.63, 3.8) is 0 Å². The van der Waals surface area contributed by atoms with Crippen LogP contribution in [0.3, 0.4) is 0 Å². The minimum atomic E-state index is 0.0117. The summed E-state index contributed by atoms with van der Waals surface area (Å²) in [5, 5.41) is 3.74. The van der Waals surface area contributed by atoms with E-state index in [-0.39, 0.29) is 11.9 Å². The van der Waals surface area contributed by atoms with Gasteiger partial charge in [-0.3, -0.25) is 4.79 Å². The molecule has 4 heteroatoms. The first-order chi connectivity index (χ1) is 10.5. The lowest BCUT2D eigenvalue weighted by molar-refractivity contribution is -0.119. The van der Waals surface area contributed by atoms with Gasteiger partial charge in [0, 0.05) is 9.92 Å². The lowest BCUT2D eigenvalue weighted by atomic mass is 10.0. The molecule has 0 aromatic heterocycles. The fraction of sp³-hybridized carbons (Fsp3) is 0.278. The second kappa shape index (κ2) is 7.70. The molecule has 0 saturated heterocycles. The van der Waals surface area contributed by atoms with Gasteiger partial charge >= 0.3 is 0 Å². The van der Waals surface area contributed by atoms with Gasteiger partial charge in [0.25, 0.3) is 0 Å². The molecule has 22 heavy (non-hydrogen) atoms. The van der Waals surface area contributed by atoms with E-state index in [9.17, 15) is 4.79 Å². The van der Waals surface area contributed by atoms with E-state index in [2.05, 4.69) is 37.4 Å². The Labute approximate surface area is 141 Å². The number of hydrogen-bond donors (Lipinski definition) is 1. The van der Waals surface area contributed by atoms with Crippen molar-refractivity contribution in [2.45, 2.75) is 31.7 Å². The first kappa shape index (κ1) is 16.9. The molecule has 1 atom stereocenters. The molecule has 1 amide bonds. The summed E-state index contributed by atoms with van der Waals surface area (Å²) in [5.74, 6) is 0.433. The van der Waals surface area contributed by atoms with E-state index in [1.165, 1.54) is 22.9 Å². The van der Waals surface area contributed by atoms with Crippen LogP contribution < -0.4 is 5.32 Å². The van der Waals surface area contributed by atoms with Gasteiger partial charge in [0.15, 0.2) is 0 Å². The zero-order valence-electron chi connectivity index (χ0n) is 13.0. The van der Waals surface area contributed by atoms with Crippen molar-refractivity contribution in [3.8, 4) is 0 Å². The van der Waals surface area contributed by atoms with Crippen LogP contribution in [0.2, 0.25) is 5.02 Å². The monoisotopic (exact) mass is 333 g/mol. The van der Waals surface area contributed by atoms with E-state index < -0.39 is 0 Å². The fourth-order valence-corrected chi connectivity index (χ4v) is 2.92. The molecule has 0 fully saturated rings. The quantitative estimate of drug-likeness (QED) is 0.786. The van der Waals surface area contributed by atoms with Crippen molar-refractivity contribution in [1.82, 2.24) is 5.32 Å². The molecule has 0 aliphatic heterocycles. The second-order valence-corrected chi connectivity index (χ2v) is 6.86. The number of thioether (sulfide) groups is 1. The standard InChI is InChI=1S/C18H20ClNOS/c1-12-4-5-15(10-13(12)2)14(3)20-18(21)11-22-17-8-6-16(19)7-9-17/h4-10,14H,11H2,1-3H3,(H,20,21)/t14-/m0/s1. The molecule has 0 unspecified atom stereocenters. The SMILES string of the molecule is Cc1ccc([C@H](C)NC(=O)CSc2ccc(Cl)cc2)cc1C. The lowest BCUT2D eigenvalue weighted by Crippen LogP contribution is -2.28. The van der Waals surface area contributed by atoms with Crippen molar-refractivity contribution < 1.29 is 4.79 Å². The highest BCUT2D eigenvalue weighted by molar-refractivity contribution is 8.00. The van der Waals surface area contributed by atoms with Crippen molar-refractivity contribution in [2.24, 2.45) is 0 Å². The predicted octanol–water partition coefficient (Wildman–Crippen LogP) is 4.93. The molecule has 0 heterocycles. The van der Waals surface area contributed by atoms with E-state index in [1.807, 2.05) is 31.2 Å². The lowest BCUT2D eigenvalue weighted by Gasteiger charge is -2.15. The molecule has 0 aliphatic rings. The smallest absolute Gasteiger partial charge is 0.230 e. The van der Waals surface area contributed by atoms with Crippen LogP contribution in [-0.2, 0) is 4.79 Å². The van der Waals surface area contributed by atoms with Crippen LogP contribution in [0, 0.1) is 13.8 Å². The number of amides is 1.